The molecule has 0 bridgehead atoms. The first-order chi connectivity index (χ1) is 10.2. The van der Waals surface area contributed by atoms with Crippen molar-refractivity contribution in [2.24, 2.45) is 0 Å². The SMILES string of the molecule is CCN(CC)c1ccc(C(=O)CCN2CCCC2)cc1C. The van der Waals surface area contributed by atoms with Crippen molar-refractivity contribution in [3.05, 3.63) is 29.3 Å². The Balaban J connectivity index is 1.99. The van der Waals surface area contributed by atoms with Crippen molar-refractivity contribution in [3.8, 4) is 0 Å². The second kappa shape index (κ2) is 7.60. The standard InChI is InChI=1S/C18H28N2O/c1-4-20(5-2)17-9-8-16(14-15(17)3)18(21)10-13-19-11-6-7-12-19/h8-9,14H,4-7,10-13H2,1-3H3. The van der Waals surface area contributed by atoms with E-state index in [0.29, 0.717) is 6.42 Å². The van der Waals surface area contributed by atoms with Crippen LogP contribution in [0.4, 0.5) is 5.69 Å². The molecule has 0 amide bonds. The summed E-state index contributed by atoms with van der Waals surface area (Å²) < 4.78 is 0. The van der Waals surface area contributed by atoms with Crippen LogP contribution in [0, 0.1) is 6.92 Å². The molecule has 1 saturated heterocycles. The Kier molecular flexibility index (Phi) is 5.80. The third-order valence-electron chi connectivity index (χ3n) is 4.48. The monoisotopic (exact) mass is 288 g/mol. The summed E-state index contributed by atoms with van der Waals surface area (Å²) in [5.41, 5.74) is 3.31. The van der Waals surface area contributed by atoms with Gasteiger partial charge in [0.1, 0.15) is 0 Å². The smallest absolute Gasteiger partial charge is 0.164 e. The summed E-state index contributed by atoms with van der Waals surface area (Å²) in [4.78, 5) is 17.1. The van der Waals surface area contributed by atoms with Crippen LogP contribution in [0.25, 0.3) is 0 Å². The average molecular weight is 288 g/mol. The number of aryl methyl sites for hydroxylation is 1. The minimum Gasteiger partial charge on any atom is -0.372 e. The van der Waals surface area contributed by atoms with Gasteiger partial charge >= 0.3 is 0 Å². The van der Waals surface area contributed by atoms with E-state index < -0.39 is 0 Å². The van der Waals surface area contributed by atoms with E-state index in [-0.39, 0.29) is 5.78 Å². The molecule has 1 aliphatic rings. The number of carbonyl (C=O) groups excluding carboxylic acids is 1. The van der Waals surface area contributed by atoms with Gasteiger partial charge in [0.2, 0.25) is 0 Å². The lowest BCUT2D eigenvalue weighted by molar-refractivity contribution is 0.0969. The van der Waals surface area contributed by atoms with Crippen LogP contribution in [0.2, 0.25) is 0 Å². The molecule has 0 aliphatic carbocycles. The van der Waals surface area contributed by atoms with Crippen LogP contribution >= 0.6 is 0 Å². The first-order valence-corrected chi connectivity index (χ1v) is 8.26. The van der Waals surface area contributed by atoms with E-state index in [1.807, 2.05) is 6.07 Å². The molecule has 0 atom stereocenters. The van der Waals surface area contributed by atoms with Crippen LogP contribution in [0.3, 0.4) is 0 Å². The molecule has 0 N–H and O–H groups in total. The molecule has 0 radical (unpaired) electrons. The van der Waals surface area contributed by atoms with Crippen LogP contribution < -0.4 is 4.90 Å². The molecule has 0 aromatic heterocycles. The van der Waals surface area contributed by atoms with E-state index in [2.05, 4.69) is 42.7 Å². The van der Waals surface area contributed by atoms with E-state index in [0.717, 1.165) is 38.3 Å². The highest BCUT2D eigenvalue weighted by Crippen LogP contribution is 2.22. The van der Waals surface area contributed by atoms with Crippen molar-refractivity contribution in [2.75, 3.05) is 37.6 Å². The number of ketones is 1. The van der Waals surface area contributed by atoms with Crippen molar-refractivity contribution in [1.82, 2.24) is 4.90 Å². The average Bonchev–Trinajstić information content (AvgIpc) is 3.01. The van der Waals surface area contributed by atoms with Gasteiger partial charge in [0.25, 0.3) is 0 Å². The largest absolute Gasteiger partial charge is 0.372 e. The summed E-state index contributed by atoms with van der Waals surface area (Å²) in [6.45, 7) is 11.7. The zero-order valence-electron chi connectivity index (χ0n) is 13.7. The van der Waals surface area contributed by atoms with Crippen LogP contribution in [0.5, 0.6) is 0 Å². The zero-order valence-corrected chi connectivity index (χ0v) is 13.7. The highest BCUT2D eigenvalue weighted by Gasteiger charge is 2.15. The Morgan fingerprint density at radius 3 is 2.43 bits per heavy atom. The lowest BCUT2D eigenvalue weighted by atomic mass is 10.0. The Hall–Kier alpha value is -1.35. The van der Waals surface area contributed by atoms with Crippen LogP contribution in [-0.2, 0) is 0 Å². The van der Waals surface area contributed by atoms with E-state index >= 15 is 0 Å². The number of carbonyl (C=O) groups is 1. The number of nitrogens with zero attached hydrogens (tertiary/aromatic N) is 2. The van der Waals surface area contributed by atoms with E-state index in [1.165, 1.54) is 24.1 Å². The molecule has 0 unspecified atom stereocenters. The van der Waals surface area contributed by atoms with Gasteiger partial charge in [0.15, 0.2) is 5.78 Å². The molecule has 1 aliphatic heterocycles. The molecule has 2 rings (SSSR count). The normalized spacial score (nSPS) is 15.4. The van der Waals surface area contributed by atoms with Gasteiger partial charge in [0, 0.05) is 37.3 Å². The first kappa shape index (κ1) is 16.0. The molecule has 0 saturated carbocycles. The number of hydrogen-bond donors (Lipinski definition) is 0. The van der Waals surface area contributed by atoms with Crippen molar-refractivity contribution >= 4 is 11.5 Å². The van der Waals surface area contributed by atoms with Gasteiger partial charge < -0.3 is 9.80 Å². The molecule has 3 nitrogen and oxygen atoms in total. The summed E-state index contributed by atoms with van der Waals surface area (Å²) in [5.74, 6) is 0.274. The first-order valence-electron chi connectivity index (χ1n) is 8.26. The molecule has 1 aromatic rings. The summed E-state index contributed by atoms with van der Waals surface area (Å²) >= 11 is 0. The van der Waals surface area contributed by atoms with Gasteiger partial charge in [-0.25, -0.2) is 0 Å². The minimum absolute atomic E-state index is 0.274. The topological polar surface area (TPSA) is 23.6 Å². The number of benzene rings is 1. The van der Waals surface area contributed by atoms with Gasteiger partial charge in [-0.2, -0.15) is 0 Å². The lowest BCUT2D eigenvalue weighted by Crippen LogP contribution is -2.23. The van der Waals surface area contributed by atoms with E-state index in [4.69, 9.17) is 0 Å². The maximum absolute atomic E-state index is 12.3. The molecule has 1 heterocycles. The Bertz CT molecular complexity index is 474. The van der Waals surface area contributed by atoms with Gasteiger partial charge in [-0.15, -0.1) is 0 Å². The third-order valence-corrected chi connectivity index (χ3v) is 4.48. The lowest BCUT2D eigenvalue weighted by Gasteiger charge is -2.23. The van der Waals surface area contributed by atoms with Crippen molar-refractivity contribution in [2.45, 2.75) is 40.0 Å². The second-order valence-electron chi connectivity index (χ2n) is 5.90. The number of rotatable bonds is 7. The fourth-order valence-electron chi connectivity index (χ4n) is 3.16. The quantitative estimate of drug-likeness (QED) is 0.717. The van der Waals surface area contributed by atoms with Gasteiger partial charge in [-0.05, 0) is 70.5 Å². The second-order valence-corrected chi connectivity index (χ2v) is 5.90. The minimum atomic E-state index is 0.274. The molecule has 1 fully saturated rings. The van der Waals surface area contributed by atoms with E-state index in [9.17, 15) is 4.79 Å². The zero-order chi connectivity index (χ0) is 15.2. The fraction of sp³-hybridized carbons (Fsp3) is 0.611. The van der Waals surface area contributed by atoms with Gasteiger partial charge in [0.05, 0.1) is 0 Å². The number of anilines is 1. The number of hydrogen-bond acceptors (Lipinski definition) is 3. The third kappa shape index (κ3) is 4.07. The molecular weight excluding hydrogens is 260 g/mol. The molecule has 0 spiro atoms. The Labute approximate surface area is 128 Å². The van der Waals surface area contributed by atoms with Crippen LogP contribution in [0.15, 0.2) is 18.2 Å². The fourth-order valence-corrected chi connectivity index (χ4v) is 3.16. The van der Waals surface area contributed by atoms with Gasteiger partial charge in [-0.1, -0.05) is 0 Å². The Morgan fingerprint density at radius 2 is 1.86 bits per heavy atom. The molecular formula is C18H28N2O. The molecule has 3 heteroatoms. The van der Waals surface area contributed by atoms with Crippen LogP contribution in [0.1, 0.15) is 49.0 Å². The molecule has 1 aromatic carbocycles. The maximum atomic E-state index is 12.3. The number of likely N-dealkylation sites (tertiary alicyclic amines) is 1. The maximum Gasteiger partial charge on any atom is 0.164 e. The highest BCUT2D eigenvalue weighted by atomic mass is 16.1. The van der Waals surface area contributed by atoms with Crippen molar-refractivity contribution < 1.29 is 4.79 Å². The van der Waals surface area contributed by atoms with Crippen molar-refractivity contribution in [1.29, 1.82) is 0 Å². The highest BCUT2D eigenvalue weighted by molar-refractivity contribution is 5.96. The Morgan fingerprint density at radius 1 is 1.19 bits per heavy atom. The summed E-state index contributed by atoms with van der Waals surface area (Å²) in [5, 5.41) is 0. The predicted octanol–water partition coefficient (Wildman–Crippen LogP) is 3.51. The van der Waals surface area contributed by atoms with Crippen LogP contribution in [-0.4, -0.2) is 43.4 Å². The molecule has 21 heavy (non-hydrogen) atoms. The van der Waals surface area contributed by atoms with Crippen molar-refractivity contribution in [3.63, 3.8) is 0 Å². The summed E-state index contributed by atoms with van der Waals surface area (Å²) in [6.07, 6.45) is 3.21. The van der Waals surface area contributed by atoms with E-state index in [1.54, 1.807) is 0 Å². The molecule has 116 valence electrons. The number of Topliss-reactive ketones (excluding diaryl/α,β-unsaturated/α-hetero) is 1. The summed E-state index contributed by atoms with van der Waals surface area (Å²) in [7, 11) is 0. The van der Waals surface area contributed by atoms with Gasteiger partial charge in [-0.3, -0.25) is 4.79 Å². The predicted molar refractivity (Wildman–Crippen MR) is 89.4 cm³/mol. The summed E-state index contributed by atoms with van der Waals surface area (Å²) in [6, 6.07) is 6.15.